The van der Waals surface area contributed by atoms with E-state index in [4.69, 9.17) is 5.73 Å². The molecule has 6 heteroatoms. The second-order valence-electron chi connectivity index (χ2n) is 5.21. The van der Waals surface area contributed by atoms with E-state index in [1.54, 1.807) is 0 Å². The van der Waals surface area contributed by atoms with Gasteiger partial charge in [0.1, 0.15) is 0 Å². The fourth-order valence-electron chi connectivity index (χ4n) is 2.58. The summed E-state index contributed by atoms with van der Waals surface area (Å²) >= 11 is 0. The Balaban J connectivity index is 2.20. The minimum absolute atomic E-state index is 0.122. The topological polar surface area (TPSA) is 80.5 Å². The van der Waals surface area contributed by atoms with Gasteiger partial charge in [0.2, 0.25) is 15.9 Å². The number of rotatable bonds is 6. The molecule has 1 amide bonds. The average Bonchev–Trinajstić information content (AvgIpc) is 2.97. The lowest BCUT2D eigenvalue weighted by molar-refractivity contribution is -0.118. The molecule has 5 nitrogen and oxygen atoms in total. The van der Waals surface area contributed by atoms with Crippen molar-refractivity contribution >= 4 is 22.0 Å². The fourth-order valence-corrected chi connectivity index (χ4v) is 4.00. The molecule has 0 aliphatic heterocycles. The molecule has 0 spiro atoms. The van der Waals surface area contributed by atoms with Gasteiger partial charge >= 0.3 is 0 Å². The van der Waals surface area contributed by atoms with Crippen molar-refractivity contribution in [2.24, 2.45) is 5.73 Å². The van der Waals surface area contributed by atoms with Gasteiger partial charge in [-0.15, -0.1) is 0 Å². The fraction of sp³-hybridized carbons (Fsp3) is 0.400. The largest absolute Gasteiger partial charge is 0.369 e. The van der Waals surface area contributed by atoms with Crippen molar-refractivity contribution in [2.45, 2.75) is 31.7 Å². The summed E-state index contributed by atoms with van der Waals surface area (Å²) in [6.45, 7) is -0.258. The van der Waals surface area contributed by atoms with Crippen molar-refractivity contribution in [1.29, 1.82) is 0 Å². The van der Waals surface area contributed by atoms with E-state index in [0.717, 1.165) is 36.7 Å². The maximum absolute atomic E-state index is 12.5. The first kappa shape index (κ1) is 15.7. The van der Waals surface area contributed by atoms with Crippen LogP contribution in [-0.2, 0) is 14.8 Å². The summed E-state index contributed by atoms with van der Waals surface area (Å²) in [5, 5.41) is 1.16. The molecule has 0 radical (unpaired) electrons. The van der Waals surface area contributed by atoms with Crippen LogP contribution in [0.3, 0.4) is 0 Å². The second kappa shape index (κ2) is 6.87. The van der Waals surface area contributed by atoms with Gasteiger partial charge in [-0.25, -0.2) is 8.42 Å². The predicted octanol–water partition coefficient (Wildman–Crippen LogP) is 1.72. The summed E-state index contributed by atoms with van der Waals surface area (Å²) in [6.07, 6.45) is 5.07. The number of benzene rings is 1. The molecule has 2 N–H and O–H groups in total. The molecule has 0 heterocycles. The molecule has 0 saturated heterocycles. The zero-order chi connectivity index (χ0) is 15.3. The second-order valence-corrected chi connectivity index (χ2v) is 6.98. The van der Waals surface area contributed by atoms with Crippen LogP contribution in [0.5, 0.6) is 0 Å². The van der Waals surface area contributed by atoms with Crippen LogP contribution in [0.1, 0.15) is 31.2 Å². The molecular formula is C15H20N2O3S. The lowest BCUT2D eigenvalue weighted by Crippen LogP contribution is -2.43. The Bertz CT molecular complexity index is 605. The van der Waals surface area contributed by atoms with Crippen molar-refractivity contribution in [1.82, 2.24) is 4.31 Å². The zero-order valence-corrected chi connectivity index (χ0v) is 12.6. The summed E-state index contributed by atoms with van der Waals surface area (Å²) in [4.78, 5) is 11.2. The molecule has 114 valence electrons. The van der Waals surface area contributed by atoms with E-state index in [-0.39, 0.29) is 12.6 Å². The third-order valence-electron chi connectivity index (χ3n) is 3.60. The smallest absolute Gasteiger partial charge is 0.236 e. The van der Waals surface area contributed by atoms with E-state index >= 15 is 0 Å². The van der Waals surface area contributed by atoms with Gasteiger partial charge in [-0.3, -0.25) is 4.79 Å². The monoisotopic (exact) mass is 308 g/mol. The molecule has 0 atom stereocenters. The highest BCUT2D eigenvalue weighted by Gasteiger charge is 2.31. The number of amides is 1. The molecule has 1 aliphatic carbocycles. The number of carbonyl (C=O) groups excluding carboxylic acids is 1. The summed E-state index contributed by atoms with van der Waals surface area (Å²) in [6, 6.07) is 9.06. The van der Waals surface area contributed by atoms with Crippen LogP contribution in [0, 0.1) is 0 Å². The van der Waals surface area contributed by atoms with Crippen LogP contribution in [-0.4, -0.2) is 31.2 Å². The van der Waals surface area contributed by atoms with Crippen molar-refractivity contribution < 1.29 is 13.2 Å². The quantitative estimate of drug-likeness (QED) is 0.869. The molecule has 1 aromatic rings. The number of hydrogen-bond acceptors (Lipinski definition) is 3. The number of nitrogens with two attached hydrogens (primary N) is 1. The lowest BCUT2D eigenvalue weighted by atomic mass is 10.2. The van der Waals surface area contributed by atoms with E-state index in [9.17, 15) is 13.2 Å². The highest BCUT2D eigenvalue weighted by atomic mass is 32.2. The van der Waals surface area contributed by atoms with Gasteiger partial charge in [-0.1, -0.05) is 43.2 Å². The van der Waals surface area contributed by atoms with Crippen molar-refractivity contribution in [2.75, 3.05) is 6.54 Å². The van der Waals surface area contributed by atoms with Gasteiger partial charge in [0.25, 0.3) is 0 Å². The molecule has 1 aliphatic rings. The van der Waals surface area contributed by atoms with Gasteiger partial charge in [-0.05, 0) is 24.5 Å². The van der Waals surface area contributed by atoms with Crippen LogP contribution < -0.4 is 5.73 Å². The maximum atomic E-state index is 12.5. The Hall–Kier alpha value is -1.66. The van der Waals surface area contributed by atoms with Gasteiger partial charge in [0, 0.05) is 11.4 Å². The van der Waals surface area contributed by atoms with Crippen LogP contribution in [0.15, 0.2) is 35.7 Å². The Morgan fingerprint density at radius 1 is 1.24 bits per heavy atom. The minimum Gasteiger partial charge on any atom is -0.369 e. The molecule has 0 unspecified atom stereocenters. The average molecular weight is 308 g/mol. The third kappa shape index (κ3) is 4.41. The lowest BCUT2D eigenvalue weighted by Gasteiger charge is -2.25. The molecular weight excluding hydrogens is 288 g/mol. The number of nitrogens with zero attached hydrogens (tertiary/aromatic N) is 1. The Kier molecular flexibility index (Phi) is 5.14. The number of sulfonamides is 1. The normalized spacial score (nSPS) is 16.8. The van der Waals surface area contributed by atoms with Crippen LogP contribution >= 0.6 is 0 Å². The molecule has 1 aromatic carbocycles. The van der Waals surface area contributed by atoms with Crippen molar-refractivity contribution in [3.8, 4) is 0 Å². The van der Waals surface area contributed by atoms with E-state index in [1.165, 1.54) is 10.4 Å². The molecule has 1 fully saturated rings. The highest BCUT2D eigenvalue weighted by molar-refractivity contribution is 7.92. The number of primary amides is 1. The van der Waals surface area contributed by atoms with E-state index in [2.05, 4.69) is 0 Å². The summed E-state index contributed by atoms with van der Waals surface area (Å²) in [5.74, 6) is -0.626. The van der Waals surface area contributed by atoms with Crippen molar-refractivity contribution in [3.63, 3.8) is 0 Å². The Morgan fingerprint density at radius 2 is 1.86 bits per heavy atom. The first-order chi connectivity index (χ1) is 9.99. The number of hydrogen-bond donors (Lipinski definition) is 1. The van der Waals surface area contributed by atoms with Crippen LogP contribution in [0.2, 0.25) is 0 Å². The SMILES string of the molecule is NC(=O)CN(C1CCCC1)S(=O)(=O)/C=C\c1ccccc1. The van der Waals surface area contributed by atoms with E-state index in [0.29, 0.717) is 0 Å². The molecule has 0 bridgehead atoms. The van der Waals surface area contributed by atoms with Crippen molar-refractivity contribution in [3.05, 3.63) is 41.3 Å². The predicted molar refractivity (Wildman–Crippen MR) is 82.6 cm³/mol. The molecule has 0 aromatic heterocycles. The van der Waals surface area contributed by atoms with E-state index < -0.39 is 15.9 Å². The van der Waals surface area contributed by atoms with Gasteiger partial charge in [0.15, 0.2) is 0 Å². The summed E-state index contributed by atoms with van der Waals surface area (Å²) in [7, 11) is -3.65. The highest BCUT2D eigenvalue weighted by Crippen LogP contribution is 2.26. The van der Waals surface area contributed by atoms with Crippen LogP contribution in [0.25, 0.3) is 6.08 Å². The van der Waals surface area contributed by atoms with Crippen LogP contribution in [0.4, 0.5) is 0 Å². The molecule has 2 rings (SSSR count). The maximum Gasteiger partial charge on any atom is 0.236 e. The minimum atomic E-state index is -3.65. The van der Waals surface area contributed by atoms with Gasteiger partial charge < -0.3 is 5.73 Å². The van der Waals surface area contributed by atoms with Gasteiger partial charge in [-0.2, -0.15) is 4.31 Å². The Labute approximate surface area is 125 Å². The molecule has 1 saturated carbocycles. The third-order valence-corrected chi connectivity index (χ3v) is 5.16. The summed E-state index contributed by atoms with van der Waals surface area (Å²) in [5.41, 5.74) is 5.99. The first-order valence-electron chi connectivity index (χ1n) is 7.02. The van der Waals surface area contributed by atoms with E-state index in [1.807, 2.05) is 30.3 Å². The standard InChI is InChI=1S/C15H20N2O3S/c16-15(18)12-17(14-8-4-5-9-14)21(19,20)11-10-13-6-2-1-3-7-13/h1-3,6-7,10-11,14H,4-5,8-9,12H2,(H2,16,18)/b11-10-. The first-order valence-corrected chi connectivity index (χ1v) is 8.52. The van der Waals surface area contributed by atoms with Gasteiger partial charge in [0.05, 0.1) is 6.54 Å². The summed E-state index contributed by atoms with van der Waals surface area (Å²) < 4.78 is 26.2. The number of carbonyl (C=O) groups is 1. The molecule has 21 heavy (non-hydrogen) atoms. The zero-order valence-electron chi connectivity index (χ0n) is 11.8. The Morgan fingerprint density at radius 3 is 2.43 bits per heavy atom.